The number of hydrogen-bond donors (Lipinski definition) is 1. The van der Waals surface area contributed by atoms with E-state index in [9.17, 15) is 14.7 Å². The molecule has 0 bridgehead atoms. The zero-order valence-corrected chi connectivity index (χ0v) is 21.8. The van der Waals surface area contributed by atoms with Crippen LogP contribution in [0, 0.1) is 6.92 Å². The lowest BCUT2D eigenvalue weighted by Crippen LogP contribution is -2.42. The number of benzene rings is 2. The summed E-state index contributed by atoms with van der Waals surface area (Å²) in [7, 11) is 3.10. The highest BCUT2D eigenvalue weighted by molar-refractivity contribution is 6.46. The number of aliphatic hydroxyl groups is 1. The third kappa shape index (κ3) is 5.42. The topological polar surface area (TPSA) is 97.8 Å². The van der Waals surface area contributed by atoms with Crippen molar-refractivity contribution in [1.82, 2.24) is 9.80 Å². The van der Waals surface area contributed by atoms with Gasteiger partial charge in [0.25, 0.3) is 11.7 Å². The molecule has 0 aromatic heterocycles. The van der Waals surface area contributed by atoms with Gasteiger partial charge in [0.05, 0.1) is 45.7 Å². The molecule has 0 radical (unpaired) electrons. The van der Waals surface area contributed by atoms with Crippen LogP contribution >= 0.6 is 0 Å². The first-order valence-corrected chi connectivity index (χ1v) is 12.4. The number of methoxy groups -OCH3 is 2. The van der Waals surface area contributed by atoms with Gasteiger partial charge in [-0.15, -0.1) is 0 Å². The maximum atomic E-state index is 13.4. The van der Waals surface area contributed by atoms with Gasteiger partial charge in [0.2, 0.25) is 0 Å². The molecule has 9 heteroatoms. The van der Waals surface area contributed by atoms with Crippen molar-refractivity contribution < 1.29 is 33.6 Å². The number of aliphatic hydroxyl groups excluding tert-OH is 1. The van der Waals surface area contributed by atoms with E-state index in [1.807, 2.05) is 13.8 Å². The van der Waals surface area contributed by atoms with Gasteiger partial charge in [-0.1, -0.05) is 6.07 Å². The van der Waals surface area contributed by atoms with E-state index in [2.05, 4.69) is 4.90 Å². The van der Waals surface area contributed by atoms with E-state index < -0.39 is 17.7 Å². The van der Waals surface area contributed by atoms with Crippen LogP contribution < -0.4 is 14.2 Å². The van der Waals surface area contributed by atoms with Crippen molar-refractivity contribution in [2.75, 3.05) is 60.2 Å². The van der Waals surface area contributed by atoms with Crippen molar-refractivity contribution in [2.45, 2.75) is 19.9 Å². The van der Waals surface area contributed by atoms with E-state index in [1.54, 1.807) is 43.5 Å². The quantitative estimate of drug-likeness (QED) is 0.312. The zero-order valence-electron chi connectivity index (χ0n) is 21.8. The molecule has 0 unspecified atom stereocenters. The van der Waals surface area contributed by atoms with E-state index in [4.69, 9.17) is 18.9 Å². The molecular weight excluding hydrogens is 476 g/mol. The summed E-state index contributed by atoms with van der Waals surface area (Å²) in [5.74, 6) is 0.105. The number of carbonyl (C=O) groups is 2. The molecule has 0 spiro atoms. The molecular formula is C28H34N2O7. The van der Waals surface area contributed by atoms with Gasteiger partial charge >= 0.3 is 0 Å². The third-order valence-electron chi connectivity index (χ3n) is 6.79. The number of Topliss-reactive ketones (excluding diaryl/α,β-unsaturated/α-hetero) is 1. The number of likely N-dealkylation sites (tertiary alicyclic amines) is 1. The average molecular weight is 511 g/mol. The lowest BCUT2D eigenvalue weighted by molar-refractivity contribution is -0.140. The molecule has 2 aromatic rings. The van der Waals surface area contributed by atoms with E-state index in [-0.39, 0.29) is 11.3 Å². The van der Waals surface area contributed by atoms with Crippen LogP contribution in [-0.2, 0) is 14.3 Å². The Hall–Kier alpha value is -3.56. The van der Waals surface area contributed by atoms with Gasteiger partial charge in [0.15, 0.2) is 11.5 Å². The van der Waals surface area contributed by atoms with Gasteiger partial charge in [0, 0.05) is 31.7 Å². The SMILES string of the molecule is CCOc1ccc([C@@H]2C(=C(O)c3ccc(OC)cc3C)C(=O)C(=O)N2CCN2CCOCC2)cc1OC. The smallest absolute Gasteiger partial charge is 0.295 e. The molecule has 4 rings (SSSR count). The summed E-state index contributed by atoms with van der Waals surface area (Å²) >= 11 is 0. The molecule has 9 nitrogen and oxygen atoms in total. The first-order chi connectivity index (χ1) is 17.9. The highest BCUT2D eigenvalue weighted by Crippen LogP contribution is 2.42. The van der Waals surface area contributed by atoms with Gasteiger partial charge in [-0.25, -0.2) is 0 Å². The highest BCUT2D eigenvalue weighted by Gasteiger charge is 2.46. The number of nitrogens with zero attached hydrogens (tertiary/aromatic N) is 2. The predicted molar refractivity (Wildman–Crippen MR) is 138 cm³/mol. The van der Waals surface area contributed by atoms with E-state index in [0.717, 1.165) is 18.7 Å². The molecule has 2 heterocycles. The van der Waals surface area contributed by atoms with Crippen LogP contribution in [0.25, 0.3) is 5.76 Å². The summed E-state index contributed by atoms with van der Waals surface area (Å²) in [5.41, 5.74) is 1.88. The maximum Gasteiger partial charge on any atom is 0.295 e. The van der Waals surface area contributed by atoms with E-state index in [0.29, 0.717) is 61.3 Å². The Bertz CT molecular complexity index is 1190. The minimum Gasteiger partial charge on any atom is -0.507 e. The Labute approximate surface area is 217 Å². The van der Waals surface area contributed by atoms with Gasteiger partial charge in [-0.2, -0.15) is 0 Å². The van der Waals surface area contributed by atoms with E-state index in [1.165, 1.54) is 12.0 Å². The van der Waals surface area contributed by atoms with Crippen molar-refractivity contribution in [3.8, 4) is 17.2 Å². The Balaban J connectivity index is 1.80. The van der Waals surface area contributed by atoms with Crippen LogP contribution in [0.15, 0.2) is 42.0 Å². The molecule has 0 aliphatic carbocycles. The number of ketones is 1. The molecule has 37 heavy (non-hydrogen) atoms. The Morgan fingerprint density at radius 1 is 1.03 bits per heavy atom. The van der Waals surface area contributed by atoms with Crippen LogP contribution in [-0.4, -0.2) is 86.8 Å². The fourth-order valence-corrected chi connectivity index (χ4v) is 4.83. The summed E-state index contributed by atoms with van der Waals surface area (Å²) in [5, 5.41) is 11.4. The monoisotopic (exact) mass is 510 g/mol. The number of amides is 1. The van der Waals surface area contributed by atoms with Crippen molar-refractivity contribution in [3.05, 3.63) is 58.7 Å². The zero-order chi connectivity index (χ0) is 26.5. The van der Waals surface area contributed by atoms with Crippen LogP contribution in [0.5, 0.6) is 17.2 Å². The molecule has 2 aliphatic rings. The standard InChI is InChI=1S/C28H34N2O7/c1-5-37-22-9-6-19(17-23(22)35-4)25-24(26(31)21-8-7-20(34-3)16-18(21)2)27(32)28(33)30(25)11-10-29-12-14-36-15-13-29/h6-9,16-17,25,31H,5,10-15H2,1-4H3/t25-/m1/s1. The summed E-state index contributed by atoms with van der Waals surface area (Å²) in [6.45, 7) is 7.86. The van der Waals surface area contributed by atoms with Gasteiger partial charge < -0.3 is 29.0 Å². The number of aryl methyl sites for hydroxylation is 1. The minimum atomic E-state index is -0.785. The first-order valence-electron chi connectivity index (χ1n) is 12.4. The second-order valence-corrected chi connectivity index (χ2v) is 8.97. The highest BCUT2D eigenvalue weighted by atomic mass is 16.5. The number of rotatable bonds is 9. The van der Waals surface area contributed by atoms with Gasteiger partial charge in [-0.3, -0.25) is 14.5 Å². The second kappa shape index (κ2) is 11.7. The van der Waals surface area contributed by atoms with Crippen molar-refractivity contribution >= 4 is 17.4 Å². The first kappa shape index (κ1) is 26.5. The Morgan fingerprint density at radius 2 is 1.78 bits per heavy atom. The summed E-state index contributed by atoms with van der Waals surface area (Å²) < 4.78 is 21.9. The lowest BCUT2D eigenvalue weighted by Gasteiger charge is -2.31. The molecule has 2 aliphatic heterocycles. The lowest BCUT2D eigenvalue weighted by atomic mass is 9.93. The van der Waals surface area contributed by atoms with Crippen LogP contribution in [0.2, 0.25) is 0 Å². The fourth-order valence-electron chi connectivity index (χ4n) is 4.83. The Kier molecular flexibility index (Phi) is 8.35. The van der Waals surface area contributed by atoms with Crippen molar-refractivity contribution in [1.29, 1.82) is 0 Å². The summed E-state index contributed by atoms with van der Waals surface area (Å²) in [6, 6.07) is 9.73. The number of hydrogen-bond acceptors (Lipinski definition) is 8. The van der Waals surface area contributed by atoms with Crippen molar-refractivity contribution in [3.63, 3.8) is 0 Å². The van der Waals surface area contributed by atoms with Crippen LogP contribution in [0.1, 0.15) is 29.7 Å². The third-order valence-corrected chi connectivity index (χ3v) is 6.79. The molecule has 198 valence electrons. The summed E-state index contributed by atoms with van der Waals surface area (Å²) in [4.78, 5) is 30.5. The summed E-state index contributed by atoms with van der Waals surface area (Å²) in [6.07, 6.45) is 0. The Morgan fingerprint density at radius 3 is 2.43 bits per heavy atom. The van der Waals surface area contributed by atoms with Gasteiger partial charge in [-0.05, 0) is 55.3 Å². The van der Waals surface area contributed by atoms with Crippen LogP contribution in [0.4, 0.5) is 0 Å². The molecule has 2 fully saturated rings. The van der Waals surface area contributed by atoms with Crippen LogP contribution in [0.3, 0.4) is 0 Å². The average Bonchev–Trinajstić information content (AvgIpc) is 3.17. The number of morpholine rings is 1. The van der Waals surface area contributed by atoms with E-state index >= 15 is 0 Å². The molecule has 2 saturated heterocycles. The fraction of sp³-hybridized carbons (Fsp3) is 0.429. The molecule has 1 N–H and O–H groups in total. The van der Waals surface area contributed by atoms with Crippen molar-refractivity contribution in [2.24, 2.45) is 0 Å². The predicted octanol–water partition coefficient (Wildman–Crippen LogP) is 3.16. The molecule has 1 amide bonds. The largest absolute Gasteiger partial charge is 0.507 e. The normalized spacial score (nSPS) is 19.8. The number of carbonyl (C=O) groups excluding carboxylic acids is 2. The second-order valence-electron chi connectivity index (χ2n) is 8.97. The maximum absolute atomic E-state index is 13.4. The molecule has 0 saturated carbocycles. The molecule has 1 atom stereocenters. The van der Waals surface area contributed by atoms with Gasteiger partial charge in [0.1, 0.15) is 11.5 Å². The molecule has 2 aromatic carbocycles. The minimum absolute atomic E-state index is 0.0476. The number of ether oxygens (including phenoxy) is 4.